The van der Waals surface area contributed by atoms with E-state index in [1.807, 2.05) is 0 Å². The molecule has 2 aromatic rings. The summed E-state index contributed by atoms with van der Waals surface area (Å²) in [4.78, 5) is 37.7. The van der Waals surface area contributed by atoms with Gasteiger partial charge in [-0.3, -0.25) is 4.79 Å². The van der Waals surface area contributed by atoms with Gasteiger partial charge in [0.25, 0.3) is 0 Å². The van der Waals surface area contributed by atoms with Crippen LogP contribution in [0.1, 0.15) is 50.9 Å². The van der Waals surface area contributed by atoms with E-state index in [4.69, 9.17) is 9.47 Å². The number of ether oxygens (including phenoxy) is 2. The van der Waals surface area contributed by atoms with Gasteiger partial charge >= 0.3 is 11.9 Å². The number of nitrogens with one attached hydrogen (secondary N) is 2. The van der Waals surface area contributed by atoms with E-state index in [9.17, 15) is 14.4 Å². The summed E-state index contributed by atoms with van der Waals surface area (Å²) in [6.45, 7) is 2.05. The van der Waals surface area contributed by atoms with Crippen LogP contribution in [0.15, 0.2) is 24.3 Å². The quantitative estimate of drug-likeness (QED) is 0.670. The number of rotatable bonds is 7. The molecule has 0 atom stereocenters. The first-order valence-corrected chi connectivity index (χ1v) is 10.4. The van der Waals surface area contributed by atoms with Crippen molar-refractivity contribution in [2.24, 2.45) is 0 Å². The fourth-order valence-electron chi connectivity index (χ4n) is 3.30. The summed E-state index contributed by atoms with van der Waals surface area (Å²) in [6.07, 6.45) is 3.86. The van der Waals surface area contributed by atoms with Crippen molar-refractivity contribution >= 4 is 39.9 Å². The molecule has 1 aromatic carbocycles. The average molecular weight is 416 g/mol. The molecule has 8 heteroatoms. The molecular weight excluding hydrogens is 392 g/mol. The molecule has 0 radical (unpaired) electrons. The number of hydrogen-bond acceptors (Lipinski definition) is 7. The van der Waals surface area contributed by atoms with Gasteiger partial charge in [-0.25, -0.2) is 9.59 Å². The van der Waals surface area contributed by atoms with E-state index in [0.717, 1.165) is 36.1 Å². The lowest BCUT2D eigenvalue weighted by Crippen LogP contribution is -2.22. The highest BCUT2D eigenvalue weighted by molar-refractivity contribution is 7.17. The highest BCUT2D eigenvalue weighted by Gasteiger charge is 2.27. The molecule has 2 N–H and O–H groups in total. The van der Waals surface area contributed by atoms with Gasteiger partial charge in [0.1, 0.15) is 5.00 Å². The largest absolute Gasteiger partial charge is 0.465 e. The summed E-state index contributed by atoms with van der Waals surface area (Å²) in [7, 11) is 1.32. The number of carbonyl (C=O) groups is 3. The van der Waals surface area contributed by atoms with Gasteiger partial charge in [-0.15, -0.1) is 11.3 Å². The molecular formula is C21H24N2O5S. The lowest BCUT2D eigenvalue weighted by Gasteiger charge is -2.12. The molecule has 1 amide bonds. The number of amides is 1. The molecule has 0 aliphatic heterocycles. The first kappa shape index (κ1) is 20.9. The predicted octanol–water partition coefficient (Wildman–Crippen LogP) is 3.64. The van der Waals surface area contributed by atoms with Gasteiger partial charge in [-0.2, -0.15) is 0 Å². The Morgan fingerprint density at radius 3 is 2.69 bits per heavy atom. The van der Waals surface area contributed by atoms with E-state index >= 15 is 0 Å². The second-order valence-corrected chi connectivity index (χ2v) is 7.71. The first-order chi connectivity index (χ1) is 14.0. The van der Waals surface area contributed by atoms with Gasteiger partial charge in [0.2, 0.25) is 5.91 Å². The Bertz CT molecular complexity index is 922. The van der Waals surface area contributed by atoms with Crippen molar-refractivity contribution in [2.75, 3.05) is 30.9 Å². The predicted molar refractivity (Wildman–Crippen MR) is 112 cm³/mol. The Kier molecular flexibility index (Phi) is 6.87. The molecule has 0 saturated heterocycles. The van der Waals surface area contributed by atoms with Crippen LogP contribution >= 0.6 is 11.3 Å². The lowest BCUT2D eigenvalue weighted by molar-refractivity contribution is -0.114. The van der Waals surface area contributed by atoms with Crippen molar-refractivity contribution in [3.63, 3.8) is 0 Å². The second kappa shape index (κ2) is 9.56. The number of methoxy groups -OCH3 is 1. The normalized spacial score (nSPS) is 12.6. The Balaban J connectivity index is 1.70. The van der Waals surface area contributed by atoms with Gasteiger partial charge in [0.15, 0.2) is 0 Å². The van der Waals surface area contributed by atoms with Crippen LogP contribution in [-0.4, -0.2) is 38.1 Å². The molecule has 1 aliphatic carbocycles. The number of hydrogen-bond donors (Lipinski definition) is 2. The van der Waals surface area contributed by atoms with E-state index in [1.165, 1.54) is 18.4 Å². The minimum Gasteiger partial charge on any atom is -0.465 e. The van der Waals surface area contributed by atoms with Gasteiger partial charge < -0.3 is 20.1 Å². The maximum Gasteiger partial charge on any atom is 0.341 e. The Morgan fingerprint density at radius 1 is 1.14 bits per heavy atom. The van der Waals surface area contributed by atoms with Crippen molar-refractivity contribution < 1.29 is 23.9 Å². The Hall–Kier alpha value is -2.87. The molecule has 154 valence electrons. The monoisotopic (exact) mass is 416 g/mol. The number of esters is 2. The van der Waals surface area contributed by atoms with Crippen molar-refractivity contribution in [1.29, 1.82) is 0 Å². The molecule has 0 unspecified atom stereocenters. The molecule has 29 heavy (non-hydrogen) atoms. The number of carbonyl (C=O) groups excluding carboxylic acids is 3. The zero-order valence-electron chi connectivity index (χ0n) is 16.5. The van der Waals surface area contributed by atoms with Gasteiger partial charge in [-0.05, 0) is 56.4 Å². The smallest absolute Gasteiger partial charge is 0.341 e. The van der Waals surface area contributed by atoms with Crippen LogP contribution in [-0.2, 0) is 27.1 Å². The standard InChI is InChI=1S/C21H24N2O5S/c1-3-28-21(26)18-15-9-4-5-10-16(15)29-19(18)23-17(24)12-22-14-8-6-7-13(11-14)20(25)27-2/h6-8,11,22H,3-5,9-10,12H2,1-2H3,(H,23,24). The number of aryl methyl sites for hydroxylation is 1. The molecule has 3 rings (SSSR count). The zero-order chi connectivity index (χ0) is 20.8. The van der Waals surface area contributed by atoms with Gasteiger partial charge in [-0.1, -0.05) is 6.07 Å². The number of fused-ring (bicyclic) bond motifs is 1. The maximum absolute atomic E-state index is 12.5. The minimum absolute atomic E-state index is 0.00451. The average Bonchev–Trinajstić information content (AvgIpc) is 3.09. The lowest BCUT2D eigenvalue weighted by atomic mass is 9.95. The molecule has 0 bridgehead atoms. The van der Waals surface area contributed by atoms with E-state index in [-0.39, 0.29) is 25.0 Å². The fourth-order valence-corrected chi connectivity index (χ4v) is 4.59. The third-order valence-corrected chi connectivity index (χ3v) is 5.85. The highest BCUT2D eigenvalue weighted by atomic mass is 32.1. The van der Waals surface area contributed by atoms with Crippen LogP contribution in [0.2, 0.25) is 0 Å². The van der Waals surface area contributed by atoms with Crippen LogP contribution in [0.25, 0.3) is 0 Å². The fraction of sp³-hybridized carbons (Fsp3) is 0.381. The third kappa shape index (κ3) is 4.95. The second-order valence-electron chi connectivity index (χ2n) is 6.61. The number of benzene rings is 1. The van der Waals surface area contributed by atoms with Crippen LogP contribution in [0.4, 0.5) is 10.7 Å². The minimum atomic E-state index is -0.443. The van der Waals surface area contributed by atoms with Crippen LogP contribution in [0.3, 0.4) is 0 Å². The van der Waals surface area contributed by atoms with E-state index < -0.39 is 5.97 Å². The van der Waals surface area contributed by atoms with Crippen molar-refractivity contribution in [2.45, 2.75) is 32.6 Å². The molecule has 1 aliphatic rings. The zero-order valence-corrected chi connectivity index (χ0v) is 17.3. The molecule has 7 nitrogen and oxygen atoms in total. The van der Waals surface area contributed by atoms with Crippen molar-refractivity contribution in [3.8, 4) is 0 Å². The van der Waals surface area contributed by atoms with Crippen LogP contribution < -0.4 is 10.6 Å². The molecule has 0 fully saturated rings. The third-order valence-electron chi connectivity index (χ3n) is 4.64. The van der Waals surface area contributed by atoms with Crippen molar-refractivity contribution in [3.05, 3.63) is 45.8 Å². The molecule has 0 saturated carbocycles. The molecule has 0 spiro atoms. The maximum atomic E-state index is 12.5. The van der Waals surface area contributed by atoms with E-state index in [2.05, 4.69) is 10.6 Å². The first-order valence-electron chi connectivity index (χ1n) is 9.57. The number of thiophene rings is 1. The summed E-state index contributed by atoms with van der Waals surface area (Å²) in [6, 6.07) is 6.72. The summed E-state index contributed by atoms with van der Waals surface area (Å²) in [5.41, 5.74) is 2.52. The van der Waals surface area contributed by atoms with Crippen LogP contribution in [0.5, 0.6) is 0 Å². The van der Waals surface area contributed by atoms with E-state index in [1.54, 1.807) is 31.2 Å². The molecule has 1 heterocycles. The highest BCUT2D eigenvalue weighted by Crippen LogP contribution is 2.38. The molecule has 1 aromatic heterocycles. The summed E-state index contributed by atoms with van der Waals surface area (Å²) >= 11 is 1.45. The number of anilines is 2. The van der Waals surface area contributed by atoms with E-state index in [0.29, 0.717) is 21.8 Å². The van der Waals surface area contributed by atoms with Gasteiger partial charge in [0.05, 0.1) is 31.4 Å². The summed E-state index contributed by atoms with van der Waals surface area (Å²) in [5, 5.41) is 6.39. The Labute approximate surface area is 173 Å². The van der Waals surface area contributed by atoms with Gasteiger partial charge in [0, 0.05) is 10.6 Å². The summed E-state index contributed by atoms with van der Waals surface area (Å²) < 4.78 is 9.91. The SMILES string of the molecule is CCOC(=O)c1c(NC(=O)CNc2cccc(C(=O)OC)c2)sc2c1CCCC2. The van der Waals surface area contributed by atoms with Crippen LogP contribution in [0, 0.1) is 0 Å². The van der Waals surface area contributed by atoms with Crippen molar-refractivity contribution in [1.82, 2.24) is 0 Å². The Morgan fingerprint density at radius 2 is 1.93 bits per heavy atom. The topological polar surface area (TPSA) is 93.7 Å². The summed E-state index contributed by atoms with van der Waals surface area (Å²) in [5.74, 6) is -1.11.